The Labute approximate surface area is 133 Å². The first kappa shape index (κ1) is 19.3. The third-order valence-corrected chi connectivity index (χ3v) is 3.36. The van der Waals surface area contributed by atoms with Crippen LogP contribution in [0.2, 0.25) is 0 Å². The van der Waals surface area contributed by atoms with Crippen LogP contribution in [-0.2, 0) is 11.2 Å². The van der Waals surface area contributed by atoms with Crippen molar-refractivity contribution in [3.05, 3.63) is 29.8 Å². The molecule has 130 valence electrons. The van der Waals surface area contributed by atoms with Gasteiger partial charge in [-0.25, -0.2) is 0 Å². The maximum atomic E-state index is 10.5. The number of aliphatic carboxylic acids is 1. The van der Waals surface area contributed by atoms with Crippen LogP contribution in [0.1, 0.15) is 31.7 Å². The van der Waals surface area contributed by atoms with Gasteiger partial charge in [0.15, 0.2) is 0 Å². The number of quaternary nitrogens is 1. The maximum Gasteiger partial charge on any atom is 0.430 e. The minimum atomic E-state index is -5.19. The number of carbonyl (C=O) groups excluding carboxylic acids is 1. The molecular weight excluding hydrogens is 311 g/mol. The molecule has 0 saturated carbocycles. The van der Waals surface area contributed by atoms with Crippen LogP contribution in [0.5, 0.6) is 5.75 Å². The third-order valence-electron chi connectivity index (χ3n) is 3.36. The van der Waals surface area contributed by atoms with Crippen LogP contribution >= 0.6 is 0 Å². The molecule has 0 amide bonds. The van der Waals surface area contributed by atoms with Gasteiger partial charge in [-0.15, -0.1) is 0 Å². The summed E-state index contributed by atoms with van der Waals surface area (Å²) in [5.74, 6) is -1.95. The largest absolute Gasteiger partial charge is 0.542 e. The number of aryl methyl sites for hydroxylation is 1. The van der Waals surface area contributed by atoms with E-state index in [-0.39, 0.29) is 0 Å². The second-order valence-corrected chi connectivity index (χ2v) is 5.37. The summed E-state index contributed by atoms with van der Waals surface area (Å²) < 4.78 is 37.6. The first-order chi connectivity index (χ1) is 10.8. The summed E-state index contributed by atoms with van der Waals surface area (Å²) in [5, 5.41) is 11.2. The van der Waals surface area contributed by atoms with Crippen molar-refractivity contribution in [2.75, 3.05) is 13.1 Å². The van der Waals surface area contributed by atoms with E-state index in [2.05, 4.69) is 36.5 Å². The monoisotopic (exact) mass is 333 g/mol. The highest BCUT2D eigenvalue weighted by atomic mass is 19.4. The van der Waals surface area contributed by atoms with Crippen LogP contribution in [0, 0.1) is 0 Å². The van der Waals surface area contributed by atoms with Gasteiger partial charge in [-0.1, -0.05) is 25.5 Å². The molecule has 0 unspecified atom stereocenters. The number of alkyl halides is 3. The molecule has 1 heterocycles. The standard InChI is InChI=1S/C14H21NO.C2HF3O2/c1-2-4-12-5-3-6-14(11-12)16-13-7-9-15-10-8-13;3-2(4,5)1(6)7/h3,5-6,11,13,15H,2,4,7-10H2,1H3;(H,6,7). The third kappa shape index (κ3) is 7.88. The number of benzene rings is 1. The quantitative estimate of drug-likeness (QED) is 0.895. The zero-order valence-corrected chi connectivity index (χ0v) is 13.1. The Morgan fingerprint density at radius 3 is 2.48 bits per heavy atom. The normalized spacial score (nSPS) is 15.5. The number of hydrogen-bond donors (Lipinski definition) is 1. The molecule has 2 N–H and O–H groups in total. The lowest BCUT2D eigenvalue weighted by atomic mass is 10.1. The van der Waals surface area contributed by atoms with Gasteiger partial charge in [0.05, 0.1) is 13.1 Å². The van der Waals surface area contributed by atoms with Crippen LogP contribution in [0.25, 0.3) is 0 Å². The highest BCUT2D eigenvalue weighted by molar-refractivity contribution is 5.70. The van der Waals surface area contributed by atoms with Gasteiger partial charge in [-0.3, -0.25) is 0 Å². The molecule has 1 aliphatic rings. The van der Waals surface area contributed by atoms with E-state index in [1.165, 1.54) is 37.9 Å². The van der Waals surface area contributed by atoms with Crippen molar-refractivity contribution in [1.29, 1.82) is 0 Å². The fourth-order valence-electron chi connectivity index (χ4n) is 2.27. The summed E-state index contributed by atoms with van der Waals surface area (Å²) in [6.07, 6.45) is -0.0603. The van der Waals surface area contributed by atoms with Gasteiger partial charge in [0.2, 0.25) is 0 Å². The van der Waals surface area contributed by atoms with Crippen LogP contribution in [-0.4, -0.2) is 31.3 Å². The summed E-state index contributed by atoms with van der Waals surface area (Å²) >= 11 is 0. The van der Waals surface area contributed by atoms with Crippen LogP contribution < -0.4 is 15.2 Å². The van der Waals surface area contributed by atoms with Crippen molar-refractivity contribution in [1.82, 2.24) is 0 Å². The molecule has 4 nitrogen and oxygen atoms in total. The van der Waals surface area contributed by atoms with E-state index in [1.807, 2.05) is 0 Å². The molecule has 0 radical (unpaired) electrons. The van der Waals surface area contributed by atoms with Crippen molar-refractivity contribution in [3.8, 4) is 5.75 Å². The lowest BCUT2D eigenvalue weighted by Gasteiger charge is -2.22. The van der Waals surface area contributed by atoms with Gasteiger partial charge in [0.1, 0.15) is 17.8 Å². The Morgan fingerprint density at radius 1 is 1.35 bits per heavy atom. The van der Waals surface area contributed by atoms with Gasteiger partial charge in [-0.05, 0) is 24.1 Å². The Balaban J connectivity index is 0.000000322. The van der Waals surface area contributed by atoms with E-state index in [1.54, 1.807) is 0 Å². The van der Waals surface area contributed by atoms with E-state index in [0.717, 1.165) is 12.2 Å². The fraction of sp³-hybridized carbons (Fsp3) is 0.562. The summed E-state index contributed by atoms with van der Waals surface area (Å²) in [6, 6.07) is 8.57. The zero-order valence-electron chi connectivity index (χ0n) is 13.1. The smallest absolute Gasteiger partial charge is 0.430 e. The summed E-state index contributed by atoms with van der Waals surface area (Å²) in [5.41, 5.74) is 1.39. The van der Waals surface area contributed by atoms with E-state index < -0.39 is 12.1 Å². The van der Waals surface area contributed by atoms with Gasteiger partial charge >= 0.3 is 6.18 Å². The van der Waals surface area contributed by atoms with Crippen LogP contribution in [0.3, 0.4) is 0 Å². The van der Waals surface area contributed by atoms with Crippen molar-refractivity contribution in [2.24, 2.45) is 0 Å². The summed E-state index contributed by atoms with van der Waals surface area (Å²) in [7, 11) is 0. The molecule has 1 aromatic rings. The second kappa shape index (κ2) is 9.39. The first-order valence-corrected chi connectivity index (χ1v) is 7.68. The van der Waals surface area contributed by atoms with E-state index in [9.17, 15) is 13.2 Å². The molecule has 0 bridgehead atoms. The van der Waals surface area contributed by atoms with Crippen molar-refractivity contribution < 1.29 is 33.1 Å². The molecule has 1 aliphatic heterocycles. The fourth-order valence-corrected chi connectivity index (χ4v) is 2.27. The lowest BCUT2D eigenvalue weighted by molar-refractivity contribution is -0.664. The Hall–Kier alpha value is -1.76. The second-order valence-electron chi connectivity index (χ2n) is 5.37. The first-order valence-electron chi connectivity index (χ1n) is 7.68. The number of halogens is 3. The van der Waals surface area contributed by atoms with Crippen LogP contribution in [0.4, 0.5) is 13.2 Å². The number of piperidine rings is 1. The molecule has 0 aromatic heterocycles. The molecule has 1 aromatic carbocycles. The molecule has 0 atom stereocenters. The van der Waals surface area contributed by atoms with Crippen molar-refractivity contribution in [2.45, 2.75) is 44.9 Å². The molecule has 0 aliphatic carbocycles. The number of hydrogen-bond acceptors (Lipinski definition) is 3. The number of carboxylic acids is 1. The highest BCUT2D eigenvalue weighted by Gasteiger charge is 2.28. The SMILES string of the molecule is CCCc1cccc(OC2CC[NH2+]CC2)c1.O=C([O-])C(F)(F)F. The predicted octanol–water partition coefficient (Wildman–Crippen LogP) is 1.04. The number of rotatable bonds is 4. The topological polar surface area (TPSA) is 66.0 Å². The Bertz CT molecular complexity index is 486. The minimum Gasteiger partial charge on any atom is -0.542 e. The number of carboxylic acid groups (broad SMARTS) is 1. The van der Waals surface area contributed by atoms with Gasteiger partial charge in [0.25, 0.3) is 0 Å². The number of carbonyl (C=O) groups is 1. The number of nitrogens with two attached hydrogens (primary N) is 1. The van der Waals surface area contributed by atoms with Gasteiger partial charge in [0, 0.05) is 12.8 Å². The van der Waals surface area contributed by atoms with E-state index in [0.29, 0.717) is 6.10 Å². The minimum absolute atomic E-state index is 0.432. The average Bonchev–Trinajstić information content (AvgIpc) is 2.49. The molecule has 7 heteroatoms. The van der Waals surface area contributed by atoms with Crippen LogP contribution in [0.15, 0.2) is 24.3 Å². The number of ether oxygens (including phenoxy) is 1. The molecular formula is C16H22F3NO3. The molecule has 2 rings (SSSR count). The maximum absolute atomic E-state index is 10.5. The van der Waals surface area contributed by atoms with Crippen molar-refractivity contribution in [3.63, 3.8) is 0 Å². The van der Waals surface area contributed by atoms with Gasteiger partial charge < -0.3 is 20.0 Å². The molecule has 1 saturated heterocycles. The van der Waals surface area contributed by atoms with E-state index >= 15 is 0 Å². The molecule has 0 spiro atoms. The molecule has 1 fully saturated rings. The summed E-state index contributed by atoms with van der Waals surface area (Å²) in [4.78, 5) is 8.78. The zero-order chi connectivity index (χ0) is 17.3. The average molecular weight is 333 g/mol. The highest BCUT2D eigenvalue weighted by Crippen LogP contribution is 2.18. The van der Waals surface area contributed by atoms with E-state index in [4.69, 9.17) is 14.6 Å². The van der Waals surface area contributed by atoms with Gasteiger partial charge in [-0.2, -0.15) is 13.2 Å². The lowest BCUT2D eigenvalue weighted by Crippen LogP contribution is -2.86. The Kier molecular flexibility index (Phi) is 7.88. The molecule has 23 heavy (non-hydrogen) atoms. The Morgan fingerprint density at radius 2 is 1.96 bits per heavy atom. The predicted molar refractivity (Wildman–Crippen MR) is 76.8 cm³/mol. The summed E-state index contributed by atoms with van der Waals surface area (Å²) in [6.45, 7) is 4.63. The van der Waals surface area contributed by atoms with Crippen molar-refractivity contribution >= 4 is 5.97 Å².